The minimum atomic E-state index is 0.319. The average Bonchev–Trinajstić information content (AvgIpc) is 2.69. The van der Waals surface area contributed by atoms with E-state index in [1.807, 2.05) is 12.1 Å². The molecule has 1 aliphatic heterocycles. The summed E-state index contributed by atoms with van der Waals surface area (Å²) in [6, 6.07) is 4.00. The number of rotatable bonds is 3. The Morgan fingerprint density at radius 2 is 2.38 bits per heavy atom. The van der Waals surface area contributed by atoms with Crippen molar-refractivity contribution in [3.05, 3.63) is 24.2 Å². The molecule has 3 heteroatoms. The summed E-state index contributed by atoms with van der Waals surface area (Å²) in [4.78, 5) is 2.46. The minimum absolute atomic E-state index is 0.319. The molecule has 0 aliphatic carbocycles. The maximum Gasteiger partial charge on any atom is 0.117 e. The van der Waals surface area contributed by atoms with E-state index in [2.05, 4.69) is 18.7 Å². The lowest BCUT2D eigenvalue weighted by atomic mass is 9.74. The summed E-state index contributed by atoms with van der Waals surface area (Å²) < 4.78 is 5.39. The Morgan fingerprint density at radius 3 is 2.94 bits per heavy atom. The van der Waals surface area contributed by atoms with Crippen LogP contribution in [-0.2, 0) is 6.54 Å². The summed E-state index contributed by atoms with van der Waals surface area (Å²) in [6.45, 7) is 8.61. The second-order valence-corrected chi connectivity index (χ2v) is 5.50. The molecule has 1 aromatic rings. The molecule has 90 valence electrons. The molecule has 1 atom stereocenters. The lowest BCUT2D eigenvalue weighted by Crippen LogP contribution is -2.47. The van der Waals surface area contributed by atoms with Crippen molar-refractivity contribution in [2.75, 3.05) is 19.6 Å². The van der Waals surface area contributed by atoms with Crippen molar-refractivity contribution >= 4 is 0 Å². The van der Waals surface area contributed by atoms with Crippen LogP contribution in [-0.4, -0.2) is 24.5 Å². The summed E-state index contributed by atoms with van der Waals surface area (Å²) in [7, 11) is 0. The van der Waals surface area contributed by atoms with Gasteiger partial charge in [0.15, 0.2) is 0 Å². The van der Waals surface area contributed by atoms with E-state index in [4.69, 9.17) is 10.2 Å². The Kier molecular flexibility index (Phi) is 3.36. The van der Waals surface area contributed by atoms with Crippen molar-refractivity contribution in [3.8, 4) is 0 Å². The van der Waals surface area contributed by atoms with E-state index in [1.165, 1.54) is 6.42 Å². The summed E-state index contributed by atoms with van der Waals surface area (Å²) >= 11 is 0. The van der Waals surface area contributed by atoms with Gasteiger partial charge in [0, 0.05) is 6.54 Å². The van der Waals surface area contributed by atoms with Gasteiger partial charge in [0.05, 0.1) is 12.8 Å². The third kappa shape index (κ3) is 2.47. The molecule has 0 saturated carbocycles. The van der Waals surface area contributed by atoms with Gasteiger partial charge in [-0.25, -0.2) is 0 Å². The zero-order valence-corrected chi connectivity index (χ0v) is 10.3. The van der Waals surface area contributed by atoms with E-state index in [-0.39, 0.29) is 0 Å². The number of piperidine rings is 1. The second kappa shape index (κ2) is 4.60. The average molecular weight is 222 g/mol. The summed E-state index contributed by atoms with van der Waals surface area (Å²) in [5.41, 5.74) is 6.14. The van der Waals surface area contributed by atoms with Crippen LogP contribution >= 0.6 is 0 Å². The molecule has 1 fully saturated rings. The first kappa shape index (κ1) is 11.7. The summed E-state index contributed by atoms with van der Waals surface area (Å²) in [5, 5.41) is 0. The molecule has 1 aromatic heterocycles. The molecule has 0 spiro atoms. The van der Waals surface area contributed by atoms with Crippen molar-refractivity contribution in [1.82, 2.24) is 4.90 Å². The summed E-state index contributed by atoms with van der Waals surface area (Å²) in [5.74, 6) is 1.71. The highest BCUT2D eigenvalue weighted by atomic mass is 16.3. The van der Waals surface area contributed by atoms with Crippen LogP contribution in [0.25, 0.3) is 0 Å². The Bertz CT molecular complexity index is 319. The maximum atomic E-state index is 5.82. The molecular weight excluding hydrogens is 200 g/mol. The number of nitrogens with zero attached hydrogens (tertiary/aromatic N) is 1. The molecular formula is C13H22N2O. The van der Waals surface area contributed by atoms with Crippen LogP contribution in [0, 0.1) is 11.3 Å². The second-order valence-electron chi connectivity index (χ2n) is 5.50. The Balaban J connectivity index is 1.95. The highest BCUT2D eigenvalue weighted by molar-refractivity contribution is 4.99. The highest BCUT2D eigenvalue weighted by Gasteiger charge is 2.34. The molecule has 0 aromatic carbocycles. The van der Waals surface area contributed by atoms with Crippen LogP contribution in [0.5, 0.6) is 0 Å². The van der Waals surface area contributed by atoms with Gasteiger partial charge in [-0.15, -0.1) is 0 Å². The van der Waals surface area contributed by atoms with E-state index in [9.17, 15) is 0 Å². The van der Waals surface area contributed by atoms with E-state index in [1.54, 1.807) is 6.26 Å². The maximum absolute atomic E-state index is 5.82. The fraction of sp³-hybridized carbons (Fsp3) is 0.692. The van der Waals surface area contributed by atoms with Gasteiger partial charge < -0.3 is 10.2 Å². The van der Waals surface area contributed by atoms with Crippen molar-refractivity contribution in [2.45, 2.75) is 26.8 Å². The first-order chi connectivity index (χ1) is 7.62. The Labute approximate surface area is 97.6 Å². The van der Waals surface area contributed by atoms with Crippen molar-refractivity contribution < 1.29 is 4.42 Å². The SMILES string of the molecule is CC1(C)CN(Cc2ccco2)CCC1CN. The molecule has 3 nitrogen and oxygen atoms in total. The van der Waals surface area contributed by atoms with Gasteiger partial charge in [0.25, 0.3) is 0 Å². The zero-order chi connectivity index (χ0) is 11.6. The molecule has 0 amide bonds. The fourth-order valence-electron chi connectivity index (χ4n) is 2.71. The highest BCUT2D eigenvalue weighted by Crippen LogP contribution is 2.34. The molecule has 2 N–H and O–H groups in total. The van der Waals surface area contributed by atoms with Crippen LogP contribution in [0.2, 0.25) is 0 Å². The standard InChI is InChI=1S/C13H22N2O/c1-13(2)10-15(6-5-11(13)8-14)9-12-4-3-7-16-12/h3-4,7,11H,5-6,8-10,14H2,1-2H3. The van der Waals surface area contributed by atoms with Gasteiger partial charge in [0.2, 0.25) is 0 Å². The topological polar surface area (TPSA) is 42.4 Å². The van der Waals surface area contributed by atoms with Crippen LogP contribution in [0.15, 0.2) is 22.8 Å². The molecule has 1 aliphatic rings. The lowest BCUT2D eigenvalue weighted by Gasteiger charge is -2.43. The molecule has 2 rings (SSSR count). The normalized spacial score (nSPS) is 25.8. The van der Waals surface area contributed by atoms with Gasteiger partial charge in [-0.1, -0.05) is 13.8 Å². The van der Waals surface area contributed by atoms with Crippen molar-refractivity contribution in [3.63, 3.8) is 0 Å². The minimum Gasteiger partial charge on any atom is -0.468 e. The van der Waals surface area contributed by atoms with Gasteiger partial charge in [-0.05, 0) is 43.0 Å². The monoisotopic (exact) mass is 222 g/mol. The van der Waals surface area contributed by atoms with E-state index in [0.717, 1.165) is 31.9 Å². The molecule has 1 unspecified atom stereocenters. The fourth-order valence-corrected chi connectivity index (χ4v) is 2.71. The Morgan fingerprint density at radius 1 is 1.56 bits per heavy atom. The predicted molar refractivity (Wildman–Crippen MR) is 64.9 cm³/mol. The van der Waals surface area contributed by atoms with Crippen molar-refractivity contribution in [2.24, 2.45) is 17.1 Å². The van der Waals surface area contributed by atoms with E-state index >= 15 is 0 Å². The quantitative estimate of drug-likeness (QED) is 0.851. The smallest absolute Gasteiger partial charge is 0.117 e. The predicted octanol–water partition coefficient (Wildman–Crippen LogP) is 2.09. The molecule has 1 saturated heterocycles. The third-order valence-corrected chi connectivity index (χ3v) is 3.77. The molecule has 2 heterocycles. The van der Waals surface area contributed by atoms with Crippen LogP contribution in [0.4, 0.5) is 0 Å². The molecule has 16 heavy (non-hydrogen) atoms. The lowest BCUT2D eigenvalue weighted by molar-refractivity contribution is 0.0508. The Hall–Kier alpha value is -0.800. The number of hydrogen-bond donors (Lipinski definition) is 1. The van der Waals surface area contributed by atoms with E-state index in [0.29, 0.717) is 11.3 Å². The van der Waals surface area contributed by atoms with Gasteiger partial charge >= 0.3 is 0 Å². The first-order valence-corrected chi connectivity index (χ1v) is 6.06. The number of furan rings is 1. The third-order valence-electron chi connectivity index (χ3n) is 3.77. The van der Waals surface area contributed by atoms with Gasteiger partial charge in [-0.2, -0.15) is 0 Å². The number of likely N-dealkylation sites (tertiary alicyclic amines) is 1. The molecule has 0 radical (unpaired) electrons. The summed E-state index contributed by atoms with van der Waals surface area (Å²) in [6.07, 6.45) is 2.94. The first-order valence-electron chi connectivity index (χ1n) is 6.06. The van der Waals surface area contributed by atoms with Gasteiger partial charge in [0.1, 0.15) is 5.76 Å². The number of hydrogen-bond acceptors (Lipinski definition) is 3. The number of nitrogens with two attached hydrogens (primary N) is 1. The van der Waals surface area contributed by atoms with Gasteiger partial charge in [-0.3, -0.25) is 4.90 Å². The largest absolute Gasteiger partial charge is 0.468 e. The zero-order valence-electron chi connectivity index (χ0n) is 10.3. The molecule has 0 bridgehead atoms. The van der Waals surface area contributed by atoms with Crippen LogP contribution in [0.3, 0.4) is 0 Å². The van der Waals surface area contributed by atoms with Crippen molar-refractivity contribution in [1.29, 1.82) is 0 Å². The van der Waals surface area contributed by atoms with Crippen LogP contribution in [0.1, 0.15) is 26.0 Å². The van der Waals surface area contributed by atoms with Crippen LogP contribution < -0.4 is 5.73 Å². The van der Waals surface area contributed by atoms with E-state index < -0.39 is 0 Å².